The van der Waals surface area contributed by atoms with Crippen molar-refractivity contribution in [2.24, 2.45) is 7.05 Å². The number of fused-ring (bicyclic) bond motifs is 4. The largest absolute Gasteiger partial charge is 0.294 e. The zero-order valence-corrected chi connectivity index (χ0v) is 22.8. The number of aromatic nitrogens is 4. The maximum atomic E-state index is 4.76. The SMILES string of the molecule is Cc1ccnc(-n2c3ccccc3c3ccc(C(C)(C)c4cccc(-n5c[n+](C)c6ccccc65)c4)cc32)c1. The first-order valence-corrected chi connectivity index (χ1v) is 13.5. The normalized spacial score (nSPS) is 12.1. The van der Waals surface area contributed by atoms with Crippen LogP contribution in [0.5, 0.6) is 0 Å². The smallest absolute Gasteiger partial charge is 0.249 e. The van der Waals surface area contributed by atoms with Crippen LogP contribution in [0.2, 0.25) is 0 Å². The van der Waals surface area contributed by atoms with Gasteiger partial charge in [0.1, 0.15) is 11.5 Å². The standard InChI is InChI=1S/C35H31N4/c1-24-18-19-36-34(20-24)39-30-13-6-5-12-28(30)29-17-16-26(22-33(29)39)35(2,3)25-10-9-11-27(21-25)38-23-37(4)31-14-7-8-15-32(31)38/h5-23H,1-4H3/q+1. The molecule has 7 aromatic rings. The van der Waals surface area contributed by atoms with Gasteiger partial charge in [-0.1, -0.05) is 68.4 Å². The topological polar surface area (TPSA) is 26.6 Å². The number of nitrogens with zero attached hydrogens (tertiary/aromatic N) is 4. The van der Waals surface area contributed by atoms with Crippen molar-refractivity contribution >= 4 is 32.8 Å². The van der Waals surface area contributed by atoms with Gasteiger partial charge >= 0.3 is 0 Å². The molecule has 0 radical (unpaired) electrons. The Hall–Kier alpha value is -4.70. The molecule has 0 aliphatic carbocycles. The third kappa shape index (κ3) is 3.67. The first-order chi connectivity index (χ1) is 18.9. The predicted molar refractivity (Wildman–Crippen MR) is 160 cm³/mol. The van der Waals surface area contributed by atoms with Crippen molar-refractivity contribution in [3.05, 3.63) is 132 Å². The van der Waals surface area contributed by atoms with Crippen molar-refractivity contribution < 1.29 is 4.57 Å². The summed E-state index contributed by atoms with van der Waals surface area (Å²) in [4.78, 5) is 4.76. The maximum Gasteiger partial charge on any atom is 0.249 e. The molecule has 0 unspecified atom stereocenters. The Morgan fingerprint density at radius 3 is 2.28 bits per heavy atom. The highest BCUT2D eigenvalue weighted by molar-refractivity contribution is 6.09. The fourth-order valence-electron chi connectivity index (χ4n) is 5.93. The van der Waals surface area contributed by atoms with Crippen LogP contribution in [-0.2, 0) is 12.5 Å². The molecular weight excluding hydrogens is 476 g/mol. The number of benzene rings is 4. The Labute approximate surface area is 228 Å². The van der Waals surface area contributed by atoms with Crippen molar-refractivity contribution in [3.8, 4) is 11.5 Å². The molecule has 190 valence electrons. The van der Waals surface area contributed by atoms with Gasteiger partial charge in [-0.05, 0) is 72.1 Å². The summed E-state index contributed by atoms with van der Waals surface area (Å²) in [5.74, 6) is 0.950. The number of para-hydroxylation sites is 3. The zero-order valence-electron chi connectivity index (χ0n) is 22.8. The third-order valence-corrected chi connectivity index (χ3v) is 8.18. The quantitative estimate of drug-likeness (QED) is 0.226. The number of hydrogen-bond acceptors (Lipinski definition) is 1. The summed E-state index contributed by atoms with van der Waals surface area (Å²) in [6, 6.07) is 37.2. The maximum absolute atomic E-state index is 4.76. The second kappa shape index (κ2) is 8.67. The van der Waals surface area contributed by atoms with E-state index in [9.17, 15) is 0 Å². The molecule has 4 aromatic carbocycles. The number of pyridine rings is 1. The van der Waals surface area contributed by atoms with E-state index in [1.54, 1.807) is 0 Å². The van der Waals surface area contributed by atoms with Gasteiger partial charge in [0.15, 0.2) is 11.0 Å². The lowest BCUT2D eigenvalue weighted by Gasteiger charge is -2.26. The third-order valence-electron chi connectivity index (χ3n) is 8.18. The highest BCUT2D eigenvalue weighted by atomic mass is 15.1. The Bertz CT molecular complexity index is 2020. The fraction of sp³-hybridized carbons (Fsp3) is 0.143. The Balaban J connectivity index is 1.40. The van der Waals surface area contributed by atoms with E-state index < -0.39 is 0 Å². The first-order valence-electron chi connectivity index (χ1n) is 13.5. The molecule has 4 heteroatoms. The summed E-state index contributed by atoms with van der Waals surface area (Å²) in [7, 11) is 2.10. The van der Waals surface area contributed by atoms with Gasteiger partial charge in [-0.3, -0.25) is 4.57 Å². The van der Waals surface area contributed by atoms with Gasteiger partial charge < -0.3 is 0 Å². The van der Waals surface area contributed by atoms with Crippen LogP contribution in [0.25, 0.3) is 44.3 Å². The summed E-state index contributed by atoms with van der Waals surface area (Å²) in [6.45, 7) is 6.76. The number of hydrogen-bond donors (Lipinski definition) is 0. The van der Waals surface area contributed by atoms with Crippen molar-refractivity contribution in [1.29, 1.82) is 0 Å². The van der Waals surface area contributed by atoms with Crippen LogP contribution in [0.3, 0.4) is 0 Å². The molecule has 4 nitrogen and oxygen atoms in total. The van der Waals surface area contributed by atoms with Crippen molar-refractivity contribution in [1.82, 2.24) is 14.1 Å². The van der Waals surface area contributed by atoms with Gasteiger partial charge in [0.05, 0.1) is 18.1 Å². The molecule has 39 heavy (non-hydrogen) atoms. The van der Waals surface area contributed by atoms with Gasteiger partial charge in [0, 0.05) is 22.4 Å². The average Bonchev–Trinajstić information content (AvgIpc) is 3.48. The molecule has 3 aromatic heterocycles. The van der Waals surface area contributed by atoms with Gasteiger partial charge in [-0.25, -0.2) is 9.55 Å². The van der Waals surface area contributed by atoms with Crippen LogP contribution in [0, 0.1) is 6.92 Å². The summed E-state index contributed by atoms with van der Waals surface area (Å²) in [6.07, 6.45) is 4.06. The molecule has 0 aliphatic rings. The van der Waals surface area contributed by atoms with Crippen molar-refractivity contribution in [2.75, 3.05) is 0 Å². The number of imidazole rings is 1. The lowest BCUT2D eigenvalue weighted by Crippen LogP contribution is -2.25. The van der Waals surface area contributed by atoms with Crippen LogP contribution >= 0.6 is 0 Å². The van der Waals surface area contributed by atoms with E-state index >= 15 is 0 Å². The summed E-state index contributed by atoms with van der Waals surface area (Å²) in [5, 5.41) is 2.49. The van der Waals surface area contributed by atoms with Crippen LogP contribution < -0.4 is 4.57 Å². The van der Waals surface area contributed by atoms with Crippen LogP contribution in [0.4, 0.5) is 0 Å². The van der Waals surface area contributed by atoms with Crippen LogP contribution in [-0.4, -0.2) is 14.1 Å². The Morgan fingerprint density at radius 2 is 1.44 bits per heavy atom. The van der Waals surface area contributed by atoms with Gasteiger partial charge in [0.2, 0.25) is 6.33 Å². The fourth-order valence-corrected chi connectivity index (χ4v) is 5.93. The molecule has 0 saturated heterocycles. The second-order valence-electron chi connectivity index (χ2n) is 11.0. The molecule has 0 amide bonds. The first kappa shape index (κ1) is 23.4. The van der Waals surface area contributed by atoms with E-state index in [0.29, 0.717) is 0 Å². The predicted octanol–water partition coefficient (Wildman–Crippen LogP) is 7.58. The summed E-state index contributed by atoms with van der Waals surface area (Å²) < 4.78 is 6.76. The zero-order chi connectivity index (χ0) is 26.7. The lowest BCUT2D eigenvalue weighted by molar-refractivity contribution is -0.645. The minimum Gasteiger partial charge on any atom is -0.294 e. The van der Waals surface area contributed by atoms with E-state index in [2.05, 4.69) is 145 Å². The molecule has 0 N–H and O–H groups in total. The average molecular weight is 508 g/mol. The number of rotatable bonds is 4. The van der Waals surface area contributed by atoms with Crippen molar-refractivity contribution in [3.63, 3.8) is 0 Å². The van der Waals surface area contributed by atoms with Gasteiger partial charge in [-0.2, -0.15) is 4.57 Å². The molecule has 0 atom stereocenters. The number of aryl methyl sites for hydroxylation is 2. The minimum atomic E-state index is -0.212. The van der Waals surface area contributed by atoms with E-state index in [0.717, 1.165) is 11.5 Å². The Kier molecular flexibility index (Phi) is 5.21. The Morgan fingerprint density at radius 1 is 0.692 bits per heavy atom. The highest BCUT2D eigenvalue weighted by Crippen LogP contribution is 2.38. The molecule has 7 rings (SSSR count). The highest BCUT2D eigenvalue weighted by Gasteiger charge is 2.26. The van der Waals surface area contributed by atoms with Gasteiger partial charge in [-0.15, -0.1) is 0 Å². The van der Waals surface area contributed by atoms with E-state index in [1.165, 1.54) is 49.5 Å². The molecule has 0 aliphatic heterocycles. The minimum absolute atomic E-state index is 0.212. The van der Waals surface area contributed by atoms with E-state index in [4.69, 9.17) is 4.98 Å². The van der Waals surface area contributed by atoms with Crippen LogP contribution in [0.1, 0.15) is 30.5 Å². The molecular formula is C35H31N4+. The second-order valence-corrected chi connectivity index (χ2v) is 11.0. The van der Waals surface area contributed by atoms with Gasteiger partial charge in [0.25, 0.3) is 0 Å². The van der Waals surface area contributed by atoms with Crippen molar-refractivity contribution in [2.45, 2.75) is 26.2 Å². The van der Waals surface area contributed by atoms with E-state index in [-0.39, 0.29) is 5.41 Å². The van der Waals surface area contributed by atoms with E-state index in [1.807, 2.05) is 12.3 Å². The molecule has 0 bridgehead atoms. The summed E-state index contributed by atoms with van der Waals surface area (Å²) >= 11 is 0. The molecule has 0 saturated carbocycles. The molecule has 3 heterocycles. The molecule has 0 spiro atoms. The van der Waals surface area contributed by atoms with Crippen LogP contribution in [0.15, 0.2) is 116 Å². The monoisotopic (exact) mass is 507 g/mol. The molecule has 0 fully saturated rings. The summed E-state index contributed by atoms with van der Waals surface area (Å²) in [5.41, 5.74) is 9.46. The lowest BCUT2D eigenvalue weighted by atomic mass is 9.77.